The second-order valence-corrected chi connectivity index (χ2v) is 4.27. The van der Waals surface area contributed by atoms with E-state index in [0.717, 1.165) is 17.1 Å². The van der Waals surface area contributed by atoms with Gasteiger partial charge in [-0.3, -0.25) is 0 Å². The van der Waals surface area contributed by atoms with Gasteiger partial charge in [-0.25, -0.2) is 4.98 Å². The number of imidazole rings is 1. The molecule has 3 heteroatoms. The topological polar surface area (TPSA) is 54.7 Å². The molecule has 0 aliphatic carbocycles. The quantitative estimate of drug-likeness (QED) is 0.809. The molecule has 0 radical (unpaired) electrons. The van der Waals surface area contributed by atoms with Crippen LogP contribution in [-0.2, 0) is 0 Å². The molecule has 1 heterocycles. The smallest absolute Gasteiger partial charge is 0.123 e. The van der Waals surface area contributed by atoms with Gasteiger partial charge in [0, 0.05) is 0 Å². The molecule has 0 saturated carbocycles. The highest BCUT2D eigenvalue weighted by molar-refractivity contribution is 5.60. The van der Waals surface area contributed by atoms with E-state index in [-0.39, 0.29) is 6.04 Å². The minimum Gasteiger partial charge on any atom is -0.341 e. The summed E-state index contributed by atoms with van der Waals surface area (Å²) >= 11 is 0. The molecule has 0 fully saturated rings. The molecule has 0 amide bonds. The maximum atomic E-state index is 5.77. The minimum atomic E-state index is -0.0553. The summed E-state index contributed by atoms with van der Waals surface area (Å²) in [7, 11) is 0. The molecule has 1 aromatic heterocycles. The van der Waals surface area contributed by atoms with E-state index in [1.165, 1.54) is 11.1 Å². The Labute approximate surface area is 95.7 Å². The van der Waals surface area contributed by atoms with Crippen molar-refractivity contribution in [3.8, 4) is 11.3 Å². The number of rotatable bonds is 2. The molecule has 2 aromatic rings. The Morgan fingerprint density at radius 1 is 1.25 bits per heavy atom. The van der Waals surface area contributed by atoms with Crippen molar-refractivity contribution in [2.75, 3.05) is 0 Å². The zero-order valence-corrected chi connectivity index (χ0v) is 9.91. The lowest BCUT2D eigenvalue weighted by Crippen LogP contribution is -2.06. The fraction of sp³-hybridized carbons (Fsp3) is 0.308. The van der Waals surface area contributed by atoms with E-state index < -0.39 is 0 Å². The summed E-state index contributed by atoms with van der Waals surface area (Å²) in [5, 5.41) is 0. The second-order valence-electron chi connectivity index (χ2n) is 4.27. The number of H-pyrrole nitrogens is 1. The SMILES string of the molecule is Cc1ccc(-c2cnc(C(C)N)[nH]2)cc1C. The van der Waals surface area contributed by atoms with Crippen molar-refractivity contribution >= 4 is 0 Å². The van der Waals surface area contributed by atoms with E-state index in [4.69, 9.17) is 5.73 Å². The Hall–Kier alpha value is -1.61. The molecule has 84 valence electrons. The van der Waals surface area contributed by atoms with Gasteiger partial charge in [0.15, 0.2) is 0 Å². The average Bonchev–Trinajstić information content (AvgIpc) is 2.71. The Kier molecular flexibility index (Phi) is 2.79. The fourth-order valence-electron chi connectivity index (χ4n) is 1.62. The number of nitrogens with zero attached hydrogens (tertiary/aromatic N) is 1. The van der Waals surface area contributed by atoms with Gasteiger partial charge in [0.05, 0.1) is 17.9 Å². The first-order chi connectivity index (χ1) is 7.58. The van der Waals surface area contributed by atoms with Crippen molar-refractivity contribution in [1.82, 2.24) is 9.97 Å². The molecule has 3 N–H and O–H groups in total. The van der Waals surface area contributed by atoms with Crippen LogP contribution < -0.4 is 5.73 Å². The number of hydrogen-bond acceptors (Lipinski definition) is 2. The molecule has 2 rings (SSSR count). The highest BCUT2D eigenvalue weighted by atomic mass is 14.9. The molecule has 0 spiro atoms. The van der Waals surface area contributed by atoms with Crippen LogP contribution in [0.25, 0.3) is 11.3 Å². The van der Waals surface area contributed by atoms with Gasteiger partial charge < -0.3 is 10.7 Å². The van der Waals surface area contributed by atoms with Gasteiger partial charge in [0.25, 0.3) is 0 Å². The highest BCUT2D eigenvalue weighted by Gasteiger charge is 2.06. The molecular weight excluding hydrogens is 198 g/mol. The van der Waals surface area contributed by atoms with Gasteiger partial charge in [-0.05, 0) is 43.5 Å². The Morgan fingerprint density at radius 3 is 2.56 bits per heavy atom. The molecule has 3 nitrogen and oxygen atoms in total. The largest absolute Gasteiger partial charge is 0.341 e. The third kappa shape index (κ3) is 1.99. The number of benzene rings is 1. The van der Waals surface area contributed by atoms with Crippen molar-refractivity contribution in [3.05, 3.63) is 41.3 Å². The standard InChI is InChI=1S/C13H17N3/c1-8-4-5-11(6-9(8)2)12-7-15-13(16-12)10(3)14/h4-7,10H,14H2,1-3H3,(H,15,16). The molecule has 1 atom stereocenters. The summed E-state index contributed by atoms with van der Waals surface area (Å²) in [6.45, 7) is 6.14. The molecule has 1 aromatic carbocycles. The first-order valence-corrected chi connectivity index (χ1v) is 5.46. The van der Waals surface area contributed by atoms with Crippen LogP contribution in [0.1, 0.15) is 29.9 Å². The van der Waals surface area contributed by atoms with Crippen molar-refractivity contribution in [3.63, 3.8) is 0 Å². The summed E-state index contributed by atoms with van der Waals surface area (Å²) in [6.07, 6.45) is 1.84. The summed E-state index contributed by atoms with van der Waals surface area (Å²) in [6, 6.07) is 6.33. The Morgan fingerprint density at radius 2 is 2.00 bits per heavy atom. The maximum Gasteiger partial charge on any atom is 0.123 e. The van der Waals surface area contributed by atoms with Crippen LogP contribution in [0, 0.1) is 13.8 Å². The Bertz CT molecular complexity index is 498. The number of nitrogens with one attached hydrogen (secondary N) is 1. The summed E-state index contributed by atoms with van der Waals surface area (Å²) < 4.78 is 0. The maximum absolute atomic E-state index is 5.77. The Balaban J connectivity index is 2.39. The van der Waals surface area contributed by atoms with Gasteiger partial charge in [0.2, 0.25) is 0 Å². The van der Waals surface area contributed by atoms with Crippen LogP contribution in [-0.4, -0.2) is 9.97 Å². The molecule has 16 heavy (non-hydrogen) atoms. The van der Waals surface area contributed by atoms with Crippen molar-refractivity contribution < 1.29 is 0 Å². The van der Waals surface area contributed by atoms with E-state index >= 15 is 0 Å². The number of nitrogens with two attached hydrogens (primary N) is 1. The van der Waals surface area contributed by atoms with Gasteiger partial charge in [-0.1, -0.05) is 12.1 Å². The summed E-state index contributed by atoms with van der Waals surface area (Å²) in [5.74, 6) is 0.827. The van der Waals surface area contributed by atoms with Gasteiger partial charge in [0.1, 0.15) is 5.82 Å². The molecule has 0 saturated heterocycles. The minimum absolute atomic E-state index is 0.0553. The zero-order chi connectivity index (χ0) is 11.7. The van der Waals surface area contributed by atoms with E-state index in [1.54, 1.807) is 0 Å². The average molecular weight is 215 g/mol. The van der Waals surface area contributed by atoms with E-state index in [9.17, 15) is 0 Å². The number of aromatic amines is 1. The van der Waals surface area contributed by atoms with Crippen molar-refractivity contribution in [2.24, 2.45) is 5.73 Å². The first-order valence-electron chi connectivity index (χ1n) is 5.46. The van der Waals surface area contributed by atoms with Crippen LogP contribution in [0.2, 0.25) is 0 Å². The summed E-state index contributed by atoms with van der Waals surface area (Å²) in [4.78, 5) is 7.50. The normalized spacial score (nSPS) is 12.8. The molecule has 1 unspecified atom stereocenters. The van der Waals surface area contributed by atoms with Crippen LogP contribution in [0.15, 0.2) is 24.4 Å². The van der Waals surface area contributed by atoms with Crippen LogP contribution in [0.4, 0.5) is 0 Å². The van der Waals surface area contributed by atoms with E-state index in [1.807, 2.05) is 13.1 Å². The monoisotopic (exact) mass is 215 g/mol. The van der Waals surface area contributed by atoms with E-state index in [2.05, 4.69) is 42.0 Å². The summed E-state index contributed by atoms with van der Waals surface area (Å²) in [5.41, 5.74) is 10.5. The molecule has 0 bridgehead atoms. The zero-order valence-electron chi connectivity index (χ0n) is 9.91. The number of aromatic nitrogens is 2. The van der Waals surface area contributed by atoms with Gasteiger partial charge in [-0.15, -0.1) is 0 Å². The molecular formula is C13H17N3. The second kappa shape index (κ2) is 4.10. The van der Waals surface area contributed by atoms with Crippen molar-refractivity contribution in [1.29, 1.82) is 0 Å². The van der Waals surface area contributed by atoms with Crippen molar-refractivity contribution in [2.45, 2.75) is 26.8 Å². The number of hydrogen-bond donors (Lipinski definition) is 2. The van der Waals surface area contributed by atoms with Crippen LogP contribution in [0.5, 0.6) is 0 Å². The fourth-order valence-corrected chi connectivity index (χ4v) is 1.62. The molecule has 0 aliphatic rings. The third-order valence-electron chi connectivity index (χ3n) is 2.84. The third-order valence-corrected chi connectivity index (χ3v) is 2.84. The lowest BCUT2D eigenvalue weighted by Gasteiger charge is -2.03. The number of aryl methyl sites for hydroxylation is 2. The predicted molar refractivity (Wildman–Crippen MR) is 66.1 cm³/mol. The predicted octanol–water partition coefficient (Wildman–Crippen LogP) is 2.71. The van der Waals surface area contributed by atoms with E-state index in [0.29, 0.717) is 0 Å². The molecule has 0 aliphatic heterocycles. The van der Waals surface area contributed by atoms with Gasteiger partial charge in [-0.2, -0.15) is 0 Å². The lowest BCUT2D eigenvalue weighted by atomic mass is 10.1. The highest BCUT2D eigenvalue weighted by Crippen LogP contribution is 2.21. The lowest BCUT2D eigenvalue weighted by molar-refractivity contribution is 0.756. The van der Waals surface area contributed by atoms with Crippen LogP contribution in [0.3, 0.4) is 0 Å². The van der Waals surface area contributed by atoms with Crippen LogP contribution >= 0.6 is 0 Å². The first kappa shape index (κ1) is 10.9. The van der Waals surface area contributed by atoms with Gasteiger partial charge >= 0.3 is 0 Å².